The first-order chi connectivity index (χ1) is 11.6. The van der Waals surface area contributed by atoms with Crippen LogP contribution in [0.25, 0.3) is 22.3 Å². The minimum absolute atomic E-state index is 0.00540. The maximum atomic E-state index is 11.9. The van der Waals surface area contributed by atoms with Crippen LogP contribution in [0.15, 0.2) is 18.7 Å². The van der Waals surface area contributed by atoms with Crippen LogP contribution in [0.3, 0.4) is 0 Å². The topological polar surface area (TPSA) is 121 Å². The quantitative estimate of drug-likeness (QED) is 0.688. The monoisotopic (exact) mass is 327 g/mol. The third-order valence-electron chi connectivity index (χ3n) is 3.67. The lowest BCUT2D eigenvalue weighted by molar-refractivity contribution is 0.0595. The van der Waals surface area contributed by atoms with Crippen LogP contribution < -0.4 is 11.1 Å². The molecule has 0 aromatic carbocycles. The molecule has 3 rings (SSSR count). The molecule has 0 saturated heterocycles. The van der Waals surface area contributed by atoms with Gasteiger partial charge < -0.3 is 20.4 Å². The number of nitrogen functional groups attached to an aromatic ring is 1. The Labute approximate surface area is 137 Å². The Kier molecular flexibility index (Phi) is 3.98. The molecule has 0 saturated carbocycles. The maximum Gasteiger partial charge on any atom is 0.360 e. The number of aryl methyl sites for hydroxylation is 1. The van der Waals surface area contributed by atoms with Gasteiger partial charge in [-0.1, -0.05) is 0 Å². The number of carbonyl (C=O) groups is 1. The standard InChI is InChI=1S/C15H17N7O2/c1-4-22-7-19-10-8(5-18-6-9(10)22)11-14(17-2)21-13(16)12(20-11)15(23)24-3/h5-7H,4H2,1-3H3,(H3,16,17,21). The lowest BCUT2D eigenvalue weighted by Crippen LogP contribution is -2.13. The van der Waals surface area contributed by atoms with Gasteiger partial charge in [-0.15, -0.1) is 0 Å². The van der Waals surface area contributed by atoms with Gasteiger partial charge in [0.05, 0.1) is 30.7 Å². The van der Waals surface area contributed by atoms with E-state index in [9.17, 15) is 4.79 Å². The molecule has 0 aliphatic carbocycles. The molecule has 0 spiro atoms. The molecule has 9 nitrogen and oxygen atoms in total. The van der Waals surface area contributed by atoms with E-state index in [4.69, 9.17) is 10.5 Å². The highest BCUT2D eigenvalue weighted by molar-refractivity contribution is 5.97. The predicted octanol–water partition coefficient (Wildman–Crippen LogP) is 1.32. The normalized spacial score (nSPS) is 10.8. The highest BCUT2D eigenvalue weighted by Crippen LogP contribution is 2.31. The molecule has 9 heteroatoms. The Morgan fingerprint density at radius 2 is 2.17 bits per heavy atom. The Morgan fingerprint density at radius 1 is 1.38 bits per heavy atom. The summed E-state index contributed by atoms with van der Waals surface area (Å²) in [7, 11) is 2.96. The molecular formula is C15H17N7O2. The summed E-state index contributed by atoms with van der Waals surface area (Å²) in [5, 5.41) is 2.94. The van der Waals surface area contributed by atoms with E-state index in [1.54, 1.807) is 25.8 Å². The maximum absolute atomic E-state index is 11.9. The van der Waals surface area contributed by atoms with E-state index in [0.717, 1.165) is 17.6 Å². The number of fused-ring (bicyclic) bond motifs is 1. The number of anilines is 2. The van der Waals surface area contributed by atoms with Crippen molar-refractivity contribution in [3.8, 4) is 11.3 Å². The first-order valence-corrected chi connectivity index (χ1v) is 7.33. The number of nitrogens with one attached hydrogen (secondary N) is 1. The van der Waals surface area contributed by atoms with Gasteiger partial charge in [-0.2, -0.15) is 0 Å². The molecule has 124 valence electrons. The van der Waals surface area contributed by atoms with E-state index in [0.29, 0.717) is 17.1 Å². The zero-order valence-corrected chi connectivity index (χ0v) is 13.6. The van der Waals surface area contributed by atoms with Gasteiger partial charge in [-0.3, -0.25) is 4.98 Å². The van der Waals surface area contributed by atoms with Crippen LogP contribution in [0.4, 0.5) is 11.6 Å². The molecule has 3 N–H and O–H groups in total. The van der Waals surface area contributed by atoms with E-state index in [2.05, 4.69) is 25.3 Å². The molecule has 3 aromatic rings. The van der Waals surface area contributed by atoms with Crippen molar-refractivity contribution >= 4 is 28.6 Å². The molecule has 24 heavy (non-hydrogen) atoms. The van der Waals surface area contributed by atoms with E-state index < -0.39 is 5.97 Å². The van der Waals surface area contributed by atoms with E-state index in [-0.39, 0.29) is 11.5 Å². The van der Waals surface area contributed by atoms with Gasteiger partial charge in [-0.25, -0.2) is 19.7 Å². The van der Waals surface area contributed by atoms with Gasteiger partial charge in [0.2, 0.25) is 0 Å². The number of esters is 1. The van der Waals surface area contributed by atoms with Crippen molar-refractivity contribution in [2.24, 2.45) is 0 Å². The summed E-state index contributed by atoms with van der Waals surface area (Å²) in [6.45, 7) is 2.78. The second kappa shape index (κ2) is 6.11. The zero-order chi connectivity index (χ0) is 17.3. The third kappa shape index (κ3) is 2.39. The van der Waals surface area contributed by atoms with Crippen molar-refractivity contribution in [2.45, 2.75) is 13.5 Å². The lowest BCUT2D eigenvalue weighted by atomic mass is 10.1. The largest absolute Gasteiger partial charge is 0.464 e. The first kappa shape index (κ1) is 15.7. The molecule has 0 radical (unpaired) electrons. The van der Waals surface area contributed by atoms with Gasteiger partial charge >= 0.3 is 5.97 Å². The van der Waals surface area contributed by atoms with Crippen molar-refractivity contribution in [2.75, 3.05) is 25.2 Å². The number of ether oxygens (including phenoxy) is 1. The summed E-state index contributed by atoms with van der Waals surface area (Å²) in [6.07, 6.45) is 5.11. The Hall–Kier alpha value is -3.23. The van der Waals surface area contributed by atoms with Crippen LogP contribution in [-0.2, 0) is 11.3 Å². The highest BCUT2D eigenvalue weighted by Gasteiger charge is 2.21. The van der Waals surface area contributed by atoms with E-state index >= 15 is 0 Å². The summed E-state index contributed by atoms with van der Waals surface area (Å²) in [5.74, 6) is -0.224. The molecular weight excluding hydrogens is 310 g/mol. The highest BCUT2D eigenvalue weighted by atomic mass is 16.5. The average Bonchev–Trinajstić information content (AvgIpc) is 3.04. The summed E-state index contributed by atoms with van der Waals surface area (Å²) >= 11 is 0. The van der Waals surface area contributed by atoms with Crippen LogP contribution >= 0.6 is 0 Å². The summed E-state index contributed by atoms with van der Waals surface area (Å²) in [5.41, 5.74) is 8.45. The van der Waals surface area contributed by atoms with Crippen molar-refractivity contribution in [1.29, 1.82) is 0 Å². The van der Waals surface area contributed by atoms with Crippen molar-refractivity contribution in [1.82, 2.24) is 24.5 Å². The van der Waals surface area contributed by atoms with Gasteiger partial charge in [0, 0.05) is 19.8 Å². The number of carbonyl (C=O) groups excluding carboxylic acids is 1. The second-order valence-electron chi connectivity index (χ2n) is 4.98. The van der Waals surface area contributed by atoms with Gasteiger partial charge in [0.1, 0.15) is 11.2 Å². The Balaban J connectivity index is 2.29. The molecule has 3 heterocycles. The third-order valence-corrected chi connectivity index (χ3v) is 3.67. The number of aromatic nitrogens is 5. The van der Waals surface area contributed by atoms with Crippen LogP contribution in [0.2, 0.25) is 0 Å². The van der Waals surface area contributed by atoms with Crippen LogP contribution in [0.5, 0.6) is 0 Å². The van der Waals surface area contributed by atoms with Crippen molar-refractivity contribution < 1.29 is 9.53 Å². The fraction of sp³-hybridized carbons (Fsp3) is 0.267. The number of methoxy groups -OCH3 is 1. The number of hydrogen-bond donors (Lipinski definition) is 2. The Morgan fingerprint density at radius 3 is 2.83 bits per heavy atom. The minimum Gasteiger partial charge on any atom is -0.464 e. The molecule has 3 aromatic heterocycles. The van der Waals surface area contributed by atoms with Crippen molar-refractivity contribution in [3.05, 3.63) is 24.4 Å². The van der Waals surface area contributed by atoms with E-state index in [1.165, 1.54) is 7.11 Å². The molecule has 0 fully saturated rings. The van der Waals surface area contributed by atoms with Crippen LogP contribution in [0.1, 0.15) is 17.4 Å². The van der Waals surface area contributed by atoms with Crippen molar-refractivity contribution in [3.63, 3.8) is 0 Å². The molecule has 0 unspecified atom stereocenters. The van der Waals surface area contributed by atoms with Gasteiger partial charge in [-0.05, 0) is 6.92 Å². The molecule has 0 aliphatic heterocycles. The van der Waals surface area contributed by atoms with Crippen LogP contribution in [0, 0.1) is 0 Å². The smallest absolute Gasteiger partial charge is 0.360 e. The number of rotatable bonds is 4. The molecule has 0 aliphatic rings. The zero-order valence-electron chi connectivity index (χ0n) is 13.6. The average molecular weight is 327 g/mol. The fourth-order valence-electron chi connectivity index (χ4n) is 2.46. The van der Waals surface area contributed by atoms with Gasteiger partial charge in [0.25, 0.3) is 0 Å². The lowest BCUT2D eigenvalue weighted by Gasteiger charge is -2.11. The number of nitrogens with two attached hydrogens (primary N) is 1. The summed E-state index contributed by atoms with van der Waals surface area (Å²) < 4.78 is 6.68. The predicted molar refractivity (Wildman–Crippen MR) is 89.5 cm³/mol. The summed E-state index contributed by atoms with van der Waals surface area (Å²) in [6, 6.07) is 0. The molecule has 0 amide bonds. The number of imidazole rings is 1. The van der Waals surface area contributed by atoms with Crippen LogP contribution in [-0.4, -0.2) is 44.6 Å². The number of nitrogens with zero attached hydrogens (tertiary/aromatic N) is 5. The van der Waals surface area contributed by atoms with Gasteiger partial charge in [0.15, 0.2) is 17.3 Å². The summed E-state index contributed by atoms with van der Waals surface area (Å²) in [4.78, 5) is 29.1. The Bertz CT molecular complexity index is 920. The number of hydrogen-bond acceptors (Lipinski definition) is 8. The first-order valence-electron chi connectivity index (χ1n) is 7.33. The molecule has 0 bridgehead atoms. The fourth-order valence-corrected chi connectivity index (χ4v) is 2.46. The SMILES string of the molecule is CCn1cnc2c(-c3nc(C(=O)OC)c(N)nc3NC)cncc21. The minimum atomic E-state index is -0.650. The van der Waals surface area contributed by atoms with E-state index in [1.807, 2.05) is 11.5 Å². The number of pyridine rings is 1. The second-order valence-corrected chi connectivity index (χ2v) is 4.98. The molecule has 0 atom stereocenters.